The Hall–Kier alpha value is -1.26. The smallest absolute Gasteiger partial charge is 0.147 e. The molecule has 1 saturated heterocycles. The van der Waals surface area contributed by atoms with Gasteiger partial charge >= 0.3 is 0 Å². The third-order valence-electron chi connectivity index (χ3n) is 3.31. The molecule has 0 N–H and O–H groups in total. The SMILES string of the molecule is CC.Cc1ccc(-c2nnc(C3CCOCC3)s2)cc1. The van der Waals surface area contributed by atoms with E-state index in [4.69, 9.17) is 4.74 Å². The topological polar surface area (TPSA) is 35.0 Å². The van der Waals surface area contributed by atoms with Gasteiger partial charge in [-0.15, -0.1) is 10.2 Å². The first kappa shape index (κ1) is 15.1. The van der Waals surface area contributed by atoms with Gasteiger partial charge in [-0.3, -0.25) is 0 Å². The van der Waals surface area contributed by atoms with Gasteiger partial charge < -0.3 is 4.74 Å². The van der Waals surface area contributed by atoms with Gasteiger partial charge in [-0.2, -0.15) is 0 Å². The predicted molar refractivity (Wildman–Crippen MR) is 84.2 cm³/mol. The first-order valence-corrected chi connectivity index (χ1v) is 8.13. The van der Waals surface area contributed by atoms with Gasteiger partial charge in [0.05, 0.1) is 0 Å². The largest absolute Gasteiger partial charge is 0.381 e. The Labute approximate surface area is 125 Å². The highest BCUT2D eigenvalue weighted by Gasteiger charge is 2.20. The Kier molecular flexibility index (Phi) is 5.68. The van der Waals surface area contributed by atoms with E-state index in [0.29, 0.717) is 5.92 Å². The number of ether oxygens (including phenoxy) is 1. The number of benzene rings is 1. The van der Waals surface area contributed by atoms with Crippen LogP contribution in [-0.2, 0) is 4.74 Å². The number of aromatic nitrogens is 2. The fourth-order valence-electron chi connectivity index (χ4n) is 2.16. The molecule has 1 fully saturated rings. The fourth-order valence-corrected chi connectivity index (χ4v) is 3.17. The third kappa shape index (κ3) is 3.64. The molecular weight excluding hydrogens is 268 g/mol. The number of hydrogen-bond donors (Lipinski definition) is 0. The summed E-state index contributed by atoms with van der Waals surface area (Å²) in [6.07, 6.45) is 2.14. The number of hydrogen-bond acceptors (Lipinski definition) is 4. The minimum Gasteiger partial charge on any atom is -0.381 e. The van der Waals surface area contributed by atoms with Crippen LogP contribution in [0.3, 0.4) is 0 Å². The van der Waals surface area contributed by atoms with E-state index in [1.165, 1.54) is 5.56 Å². The van der Waals surface area contributed by atoms with E-state index in [1.54, 1.807) is 11.3 Å². The van der Waals surface area contributed by atoms with Crippen molar-refractivity contribution in [2.75, 3.05) is 13.2 Å². The molecule has 0 radical (unpaired) electrons. The number of rotatable bonds is 2. The van der Waals surface area contributed by atoms with Gasteiger partial charge in [-0.25, -0.2) is 0 Å². The summed E-state index contributed by atoms with van der Waals surface area (Å²) in [5.41, 5.74) is 2.43. The monoisotopic (exact) mass is 290 g/mol. The standard InChI is InChI=1S/C14H16N2OS.C2H6/c1-10-2-4-11(5-3-10)13-15-16-14(18-13)12-6-8-17-9-7-12;1-2/h2-5,12H,6-9H2,1H3;1-2H3. The van der Waals surface area contributed by atoms with Gasteiger partial charge in [0.15, 0.2) is 0 Å². The van der Waals surface area contributed by atoms with Crippen molar-refractivity contribution in [3.63, 3.8) is 0 Å². The van der Waals surface area contributed by atoms with Crippen molar-refractivity contribution in [3.05, 3.63) is 34.8 Å². The zero-order valence-electron chi connectivity index (χ0n) is 12.4. The Bertz CT molecular complexity index is 516. The van der Waals surface area contributed by atoms with Gasteiger partial charge in [-0.1, -0.05) is 55.0 Å². The minimum atomic E-state index is 0.537. The van der Waals surface area contributed by atoms with Crippen molar-refractivity contribution in [3.8, 4) is 10.6 Å². The maximum atomic E-state index is 5.38. The van der Waals surface area contributed by atoms with Crippen LogP contribution in [0.5, 0.6) is 0 Å². The Morgan fingerprint density at radius 2 is 1.70 bits per heavy atom. The van der Waals surface area contributed by atoms with Crippen LogP contribution in [0.4, 0.5) is 0 Å². The van der Waals surface area contributed by atoms with Gasteiger partial charge in [0.25, 0.3) is 0 Å². The highest BCUT2D eigenvalue weighted by atomic mass is 32.1. The van der Waals surface area contributed by atoms with Crippen LogP contribution in [-0.4, -0.2) is 23.4 Å². The normalized spacial score (nSPS) is 15.6. The van der Waals surface area contributed by atoms with Crippen molar-refractivity contribution in [2.45, 2.75) is 39.5 Å². The van der Waals surface area contributed by atoms with Crippen molar-refractivity contribution in [2.24, 2.45) is 0 Å². The lowest BCUT2D eigenvalue weighted by molar-refractivity contribution is 0.0851. The van der Waals surface area contributed by atoms with E-state index < -0.39 is 0 Å². The lowest BCUT2D eigenvalue weighted by atomic mass is 10.0. The summed E-state index contributed by atoms with van der Waals surface area (Å²) in [7, 11) is 0. The molecule has 0 unspecified atom stereocenters. The molecule has 0 saturated carbocycles. The molecule has 20 heavy (non-hydrogen) atoms. The molecule has 2 aromatic rings. The lowest BCUT2D eigenvalue weighted by Gasteiger charge is -2.18. The summed E-state index contributed by atoms with van der Waals surface area (Å²) in [5, 5.41) is 10.9. The molecule has 3 rings (SSSR count). The quantitative estimate of drug-likeness (QED) is 0.820. The molecule has 1 aliphatic heterocycles. The molecule has 0 spiro atoms. The molecular formula is C16H22N2OS. The van der Waals surface area contributed by atoms with E-state index in [1.807, 2.05) is 13.8 Å². The summed E-state index contributed by atoms with van der Waals surface area (Å²) in [6, 6.07) is 8.46. The zero-order chi connectivity index (χ0) is 14.4. The molecule has 0 amide bonds. The molecule has 4 heteroatoms. The minimum absolute atomic E-state index is 0.537. The maximum Gasteiger partial charge on any atom is 0.147 e. The van der Waals surface area contributed by atoms with Gasteiger partial charge in [-0.05, 0) is 19.8 Å². The second kappa shape index (κ2) is 7.50. The van der Waals surface area contributed by atoms with E-state index >= 15 is 0 Å². The van der Waals surface area contributed by atoms with Crippen LogP contribution in [0.1, 0.15) is 43.2 Å². The summed E-state index contributed by atoms with van der Waals surface area (Å²) >= 11 is 1.72. The average molecular weight is 290 g/mol. The van der Waals surface area contributed by atoms with E-state index in [0.717, 1.165) is 41.6 Å². The molecule has 2 heterocycles. The number of aryl methyl sites for hydroxylation is 1. The van der Waals surface area contributed by atoms with Gasteiger partial charge in [0, 0.05) is 24.7 Å². The molecule has 1 aliphatic rings. The van der Waals surface area contributed by atoms with Crippen molar-refractivity contribution < 1.29 is 4.74 Å². The van der Waals surface area contributed by atoms with E-state index in [9.17, 15) is 0 Å². The first-order valence-electron chi connectivity index (χ1n) is 7.31. The second-order valence-corrected chi connectivity index (χ2v) is 5.71. The first-order chi connectivity index (χ1) is 9.83. The lowest BCUT2D eigenvalue weighted by Crippen LogP contribution is -2.13. The summed E-state index contributed by atoms with van der Waals surface area (Å²) in [5.74, 6) is 0.537. The Balaban J connectivity index is 0.000000704. The molecule has 0 bridgehead atoms. The highest BCUT2D eigenvalue weighted by molar-refractivity contribution is 7.14. The van der Waals surface area contributed by atoms with Crippen molar-refractivity contribution in [1.29, 1.82) is 0 Å². The Morgan fingerprint density at radius 1 is 1.05 bits per heavy atom. The second-order valence-electron chi connectivity index (χ2n) is 4.70. The summed E-state index contributed by atoms with van der Waals surface area (Å²) in [6.45, 7) is 7.80. The summed E-state index contributed by atoms with van der Waals surface area (Å²) < 4.78 is 5.38. The Morgan fingerprint density at radius 3 is 2.35 bits per heavy atom. The zero-order valence-corrected chi connectivity index (χ0v) is 13.2. The van der Waals surface area contributed by atoms with E-state index in [-0.39, 0.29) is 0 Å². The average Bonchev–Trinajstić information content (AvgIpc) is 3.01. The molecule has 1 aromatic heterocycles. The third-order valence-corrected chi connectivity index (χ3v) is 4.44. The number of nitrogens with zero attached hydrogens (tertiary/aromatic N) is 2. The van der Waals surface area contributed by atoms with Gasteiger partial charge in [0.2, 0.25) is 0 Å². The molecule has 1 aromatic carbocycles. The maximum absolute atomic E-state index is 5.38. The van der Waals surface area contributed by atoms with Crippen LogP contribution in [0.15, 0.2) is 24.3 Å². The van der Waals surface area contributed by atoms with Crippen molar-refractivity contribution in [1.82, 2.24) is 10.2 Å². The van der Waals surface area contributed by atoms with E-state index in [2.05, 4.69) is 41.4 Å². The highest BCUT2D eigenvalue weighted by Crippen LogP contribution is 2.32. The van der Waals surface area contributed by atoms with Crippen LogP contribution < -0.4 is 0 Å². The van der Waals surface area contributed by atoms with Gasteiger partial charge in [0.1, 0.15) is 10.0 Å². The fraction of sp³-hybridized carbons (Fsp3) is 0.500. The van der Waals surface area contributed by atoms with Crippen molar-refractivity contribution >= 4 is 11.3 Å². The van der Waals surface area contributed by atoms with Crippen LogP contribution in [0.25, 0.3) is 10.6 Å². The molecule has 0 aliphatic carbocycles. The van der Waals surface area contributed by atoms with Crippen LogP contribution in [0, 0.1) is 6.92 Å². The molecule has 108 valence electrons. The van der Waals surface area contributed by atoms with Crippen LogP contribution >= 0.6 is 11.3 Å². The van der Waals surface area contributed by atoms with Crippen LogP contribution in [0.2, 0.25) is 0 Å². The molecule has 0 atom stereocenters. The summed E-state index contributed by atoms with van der Waals surface area (Å²) in [4.78, 5) is 0. The predicted octanol–water partition coefficient (Wildman–Crippen LogP) is 4.43. The molecule has 3 nitrogen and oxygen atoms in total.